The van der Waals surface area contributed by atoms with E-state index in [0.717, 1.165) is 12.2 Å². The molecule has 0 aliphatic heterocycles. The van der Waals surface area contributed by atoms with Gasteiger partial charge in [-0.2, -0.15) is 0 Å². The van der Waals surface area contributed by atoms with Gasteiger partial charge in [0.15, 0.2) is 0 Å². The zero-order chi connectivity index (χ0) is 8.27. The Morgan fingerprint density at radius 3 is 2.31 bits per heavy atom. The molecule has 0 saturated heterocycles. The second-order valence-electron chi connectivity index (χ2n) is 2.65. The zero-order valence-electron chi connectivity index (χ0n) is 8.92. The normalized spacial score (nSPS) is 8.23. The molecule has 1 aromatic rings. The fourth-order valence-electron chi connectivity index (χ4n) is 1.19. The van der Waals surface area contributed by atoms with Crippen LogP contribution in [0.3, 0.4) is 0 Å². The van der Waals surface area contributed by atoms with E-state index in [-0.39, 0.29) is 40.1 Å². The number of methoxy groups -OCH3 is 1. The third kappa shape index (κ3) is 4.24. The van der Waals surface area contributed by atoms with Crippen molar-refractivity contribution in [2.45, 2.75) is 20.3 Å². The van der Waals surface area contributed by atoms with Gasteiger partial charge in [-0.15, -0.1) is 0 Å². The van der Waals surface area contributed by atoms with Crippen LogP contribution in [0.5, 0.6) is 5.75 Å². The molecule has 1 nitrogen and oxygen atoms in total. The smallest absolute Gasteiger partial charge is 0.119 e. The Morgan fingerprint density at radius 1 is 1.31 bits per heavy atom. The third-order valence-electron chi connectivity index (χ3n) is 1.93. The molecule has 0 amide bonds. The van der Waals surface area contributed by atoms with Crippen LogP contribution < -0.4 is 4.74 Å². The van der Waals surface area contributed by atoms with Gasteiger partial charge < -0.3 is 12.2 Å². The molecule has 0 atom stereocenters. The van der Waals surface area contributed by atoms with Crippen LogP contribution in [0.25, 0.3) is 0 Å². The summed E-state index contributed by atoms with van der Waals surface area (Å²) in [5.74, 6) is 0.944. The van der Waals surface area contributed by atoms with Gasteiger partial charge in [-0.25, -0.2) is 0 Å². The topological polar surface area (TPSA) is 9.23 Å². The van der Waals surface area contributed by atoms with Crippen molar-refractivity contribution in [2.24, 2.45) is 0 Å². The van der Waals surface area contributed by atoms with Crippen molar-refractivity contribution in [3.05, 3.63) is 36.8 Å². The van der Waals surface area contributed by atoms with Gasteiger partial charge >= 0.3 is 0 Å². The van der Waals surface area contributed by atoms with Crippen LogP contribution in [0.15, 0.2) is 18.2 Å². The molecule has 1 radical (unpaired) electrons. The van der Waals surface area contributed by atoms with Crippen LogP contribution in [0, 0.1) is 14.4 Å². The minimum atomic E-state index is 0. The largest absolute Gasteiger partial charge is 0.497 e. The summed E-state index contributed by atoms with van der Waals surface area (Å²) in [6, 6.07) is 6.19. The van der Waals surface area contributed by atoms with Gasteiger partial charge in [0.1, 0.15) is 5.75 Å². The molecule has 0 aromatic heterocycles. The maximum atomic E-state index is 5.09. The first kappa shape index (κ1) is 15.6. The molecular formula is C11H17OY-. The van der Waals surface area contributed by atoms with Crippen molar-refractivity contribution < 1.29 is 37.4 Å². The van der Waals surface area contributed by atoms with Crippen LogP contribution in [0.2, 0.25) is 0 Å². The number of aryl methyl sites for hydroxylation is 2. The number of ether oxygens (including phenoxy) is 1. The van der Waals surface area contributed by atoms with Crippen molar-refractivity contribution >= 4 is 0 Å². The molecule has 0 saturated carbocycles. The summed E-state index contributed by atoms with van der Waals surface area (Å²) in [5.41, 5.74) is 2.71. The Bertz CT molecular complexity index is 246. The fourth-order valence-corrected chi connectivity index (χ4v) is 1.19. The second-order valence-corrected chi connectivity index (χ2v) is 2.65. The quantitative estimate of drug-likeness (QED) is 0.737. The van der Waals surface area contributed by atoms with Gasteiger partial charge in [0, 0.05) is 32.7 Å². The van der Waals surface area contributed by atoms with E-state index >= 15 is 0 Å². The molecule has 0 fully saturated rings. The molecule has 0 unspecified atom stereocenters. The Labute approximate surface area is 107 Å². The maximum Gasteiger partial charge on any atom is 0.119 e. The standard InChI is InChI=1S/C10H14O.CH3.Y/c1-4-9-5-6-10(11-3)7-8(9)2;;/h5-7H,4H2,1-3H3;1H3;/q;-1;. The Hall–Kier alpha value is 0.124. The molecule has 0 aliphatic rings. The Kier molecular flexibility index (Phi) is 9.02. The summed E-state index contributed by atoms with van der Waals surface area (Å²) in [6.07, 6.45) is 1.09. The summed E-state index contributed by atoms with van der Waals surface area (Å²) in [7, 11) is 1.69. The average Bonchev–Trinajstić information content (AvgIpc) is 2.04. The predicted molar refractivity (Wildman–Crippen MR) is 53.5 cm³/mol. The van der Waals surface area contributed by atoms with Crippen LogP contribution >= 0.6 is 0 Å². The van der Waals surface area contributed by atoms with E-state index < -0.39 is 0 Å². The first-order valence-corrected chi connectivity index (χ1v) is 3.91. The molecule has 1 rings (SSSR count). The van der Waals surface area contributed by atoms with Gasteiger partial charge in [-0.05, 0) is 36.6 Å². The van der Waals surface area contributed by atoms with Gasteiger partial charge in [0.25, 0.3) is 0 Å². The molecular weight excluding hydrogens is 237 g/mol. The summed E-state index contributed by atoms with van der Waals surface area (Å²) < 4.78 is 5.09. The summed E-state index contributed by atoms with van der Waals surface area (Å²) >= 11 is 0. The Balaban J connectivity index is 0. The summed E-state index contributed by atoms with van der Waals surface area (Å²) in [5, 5.41) is 0. The van der Waals surface area contributed by atoms with Crippen LogP contribution in [0.1, 0.15) is 18.1 Å². The fraction of sp³-hybridized carbons (Fsp3) is 0.364. The van der Waals surface area contributed by atoms with Gasteiger partial charge in [-0.1, -0.05) is 13.0 Å². The molecule has 1 aromatic carbocycles. The molecule has 0 bridgehead atoms. The van der Waals surface area contributed by atoms with Crippen LogP contribution in [-0.2, 0) is 39.1 Å². The Morgan fingerprint density at radius 2 is 1.92 bits per heavy atom. The average molecular weight is 254 g/mol. The molecule has 0 heterocycles. The molecule has 13 heavy (non-hydrogen) atoms. The van der Waals surface area contributed by atoms with Crippen molar-refractivity contribution in [1.29, 1.82) is 0 Å². The second kappa shape index (κ2) is 7.52. The molecule has 0 aliphatic carbocycles. The first-order valence-electron chi connectivity index (χ1n) is 3.91. The van der Waals surface area contributed by atoms with E-state index in [2.05, 4.69) is 26.0 Å². The van der Waals surface area contributed by atoms with Gasteiger partial charge in [0.2, 0.25) is 0 Å². The number of benzene rings is 1. The van der Waals surface area contributed by atoms with E-state index in [9.17, 15) is 0 Å². The van der Waals surface area contributed by atoms with E-state index in [1.54, 1.807) is 7.11 Å². The summed E-state index contributed by atoms with van der Waals surface area (Å²) in [6.45, 7) is 4.27. The monoisotopic (exact) mass is 254 g/mol. The number of rotatable bonds is 2. The zero-order valence-corrected chi connectivity index (χ0v) is 11.8. The van der Waals surface area contributed by atoms with E-state index in [4.69, 9.17) is 4.74 Å². The van der Waals surface area contributed by atoms with Crippen LogP contribution in [-0.4, -0.2) is 7.11 Å². The van der Waals surface area contributed by atoms with Crippen molar-refractivity contribution in [3.63, 3.8) is 0 Å². The molecule has 71 valence electrons. The van der Waals surface area contributed by atoms with Crippen molar-refractivity contribution in [1.82, 2.24) is 0 Å². The third-order valence-corrected chi connectivity index (χ3v) is 1.93. The minimum Gasteiger partial charge on any atom is -0.497 e. The molecule has 0 spiro atoms. The van der Waals surface area contributed by atoms with Crippen molar-refractivity contribution in [2.75, 3.05) is 7.11 Å². The van der Waals surface area contributed by atoms with Crippen molar-refractivity contribution in [3.8, 4) is 5.75 Å². The first-order chi connectivity index (χ1) is 5.27. The number of hydrogen-bond donors (Lipinski definition) is 0. The van der Waals surface area contributed by atoms with E-state index in [0.29, 0.717) is 0 Å². The van der Waals surface area contributed by atoms with E-state index in [1.807, 2.05) is 6.07 Å². The predicted octanol–water partition coefficient (Wildman–Crippen LogP) is 3.01. The van der Waals surface area contributed by atoms with E-state index in [1.165, 1.54) is 11.1 Å². The molecule has 0 N–H and O–H groups in total. The van der Waals surface area contributed by atoms with Crippen LogP contribution in [0.4, 0.5) is 0 Å². The maximum absolute atomic E-state index is 5.09. The minimum absolute atomic E-state index is 0. The van der Waals surface area contributed by atoms with Gasteiger partial charge in [-0.3, -0.25) is 0 Å². The number of hydrogen-bond acceptors (Lipinski definition) is 1. The van der Waals surface area contributed by atoms with Gasteiger partial charge in [0.05, 0.1) is 7.11 Å². The SMILES string of the molecule is CCc1ccc(OC)cc1C.[CH3-].[Y]. The summed E-state index contributed by atoms with van der Waals surface area (Å²) in [4.78, 5) is 0. The molecule has 2 heteroatoms.